The van der Waals surface area contributed by atoms with Crippen molar-refractivity contribution >= 4 is 33.2 Å². The van der Waals surface area contributed by atoms with Gasteiger partial charge in [-0.2, -0.15) is 0 Å². The molecule has 1 amide bonds. The zero-order valence-corrected chi connectivity index (χ0v) is 17.0. The Morgan fingerprint density at radius 2 is 1.78 bits per heavy atom. The van der Waals surface area contributed by atoms with Crippen molar-refractivity contribution in [3.05, 3.63) is 47.5 Å². The second-order valence-corrected chi connectivity index (χ2v) is 8.44. The molecule has 146 valence electrons. The summed E-state index contributed by atoms with van der Waals surface area (Å²) in [5, 5.41) is 3.20. The Bertz CT molecular complexity index is 914. The zero-order valence-electron chi connectivity index (χ0n) is 15.4. The third-order valence-corrected chi connectivity index (χ3v) is 5.77. The summed E-state index contributed by atoms with van der Waals surface area (Å²) in [5.41, 5.74) is 0.233. The van der Waals surface area contributed by atoms with Gasteiger partial charge in [-0.3, -0.25) is 4.79 Å². The fraction of sp³-hybridized carbons (Fsp3) is 0.278. The number of amides is 1. The normalized spacial score (nSPS) is 12.5. The van der Waals surface area contributed by atoms with Crippen LogP contribution in [0.2, 0.25) is 5.02 Å². The first-order valence-electron chi connectivity index (χ1n) is 7.99. The van der Waals surface area contributed by atoms with E-state index in [1.165, 1.54) is 39.4 Å². The third-order valence-electron chi connectivity index (χ3n) is 3.70. The predicted octanol–water partition coefficient (Wildman–Crippen LogP) is 3.00. The molecule has 27 heavy (non-hydrogen) atoms. The molecule has 0 aromatic heterocycles. The molecule has 0 heterocycles. The highest BCUT2D eigenvalue weighted by atomic mass is 35.5. The lowest BCUT2D eigenvalue weighted by Gasteiger charge is -2.18. The number of hydrogen-bond donors (Lipinski definition) is 1. The van der Waals surface area contributed by atoms with Crippen molar-refractivity contribution < 1.29 is 22.7 Å². The van der Waals surface area contributed by atoms with Crippen molar-refractivity contribution in [3.8, 4) is 11.5 Å². The molecule has 1 N–H and O–H groups in total. The van der Waals surface area contributed by atoms with Crippen LogP contribution in [0.15, 0.2) is 47.4 Å². The molecule has 0 aliphatic carbocycles. The molecule has 0 saturated carbocycles. The van der Waals surface area contributed by atoms with Gasteiger partial charge in [0.15, 0.2) is 6.10 Å². The first-order valence-corrected chi connectivity index (χ1v) is 9.80. The van der Waals surface area contributed by atoms with Gasteiger partial charge in [0.1, 0.15) is 11.5 Å². The van der Waals surface area contributed by atoms with Crippen molar-refractivity contribution in [1.82, 2.24) is 4.31 Å². The van der Waals surface area contributed by atoms with E-state index in [0.29, 0.717) is 16.5 Å². The van der Waals surface area contributed by atoms with Gasteiger partial charge in [0.25, 0.3) is 5.91 Å². The minimum atomic E-state index is -3.65. The fourth-order valence-corrected chi connectivity index (χ4v) is 3.22. The summed E-state index contributed by atoms with van der Waals surface area (Å²) in [4.78, 5) is 12.5. The molecule has 9 heteroatoms. The number of benzene rings is 2. The van der Waals surface area contributed by atoms with Crippen LogP contribution in [-0.2, 0) is 14.8 Å². The molecule has 2 aromatic carbocycles. The standard InChI is InChI=1S/C18H21ClN2O5S/c1-12(26-14-7-5-13(19)6-8-14)18(22)20-16-11-15(9-10-17(16)25-4)27(23,24)21(2)3/h5-12H,1-4H3,(H,20,22)/t12-/m1/s1. The van der Waals surface area contributed by atoms with Crippen LogP contribution in [0.1, 0.15) is 6.92 Å². The molecular weight excluding hydrogens is 392 g/mol. The largest absolute Gasteiger partial charge is 0.495 e. The molecule has 2 aromatic rings. The first-order chi connectivity index (χ1) is 12.6. The summed E-state index contributed by atoms with van der Waals surface area (Å²) in [6.45, 7) is 1.58. The molecule has 2 rings (SSSR count). The van der Waals surface area contributed by atoms with Crippen LogP contribution in [0.3, 0.4) is 0 Å². The maximum absolute atomic E-state index is 12.5. The van der Waals surface area contributed by atoms with E-state index in [0.717, 1.165) is 4.31 Å². The van der Waals surface area contributed by atoms with E-state index in [2.05, 4.69) is 5.32 Å². The summed E-state index contributed by atoms with van der Waals surface area (Å²) in [5.74, 6) is 0.361. The Morgan fingerprint density at radius 3 is 2.33 bits per heavy atom. The lowest BCUT2D eigenvalue weighted by Crippen LogP contribution is -2.30. The van der Waals surface area contributed by atoms with E-state index >= 15 is 0 Å². The Kier molecular flexibility index (Phi) is 6.69. The summed E-state index contributed by atoms with van der Waals surface area (Å²) >= 11 is 5.82. The number of carbonyl (C=O) groups excluding carboxylic acids is 1. The highest BCUT2D eigenvalue weighted by molar-refractivity contribution is 7.89. The highest BCUT2D eigenvalue weighted by Gasteiger charge is 2.21. The molecular formula is C18H21ClN2O5S. The topological polar surface area (TPSA) is 84.9 Å². The maximum atomic E-state index is 12.5. The Balaban J connectivity index is 2.21. The number of halogens is 1. The minimum Gasteiger partial charge on any atom is -0.495 e. The van der Waals surface area contributed by atoms with Crippen LogP contribution in [0.4, 0.5) is 5.69 Å². The Hall–Kier alpha value is -2.29. The smallest absolute Gasteiger partial charge is 0.265 e. The Labute approximate surface area is 163 Å². The summed E-state index contributed by atoms with van der Waals surface area (Å²) in [6.07, 6.45) is -0.829. The number of methoxy groups -OCH3 is 1. The molecule has 7 nitrogen and oxygen atoms in total. The van der Waals surface area contributed by atoms with Crippen LogP contribution in [0, 0.1) is 0 Å². The Morgan fingerprint density at radius 1 is 1.15 bits per heavy atom. The molecule has 0 spiro atoms. The van der Waals surface area contributed by atoms with E-state index in [1.54, 1.807) is 31.2 Å². The molecule has 0 bridgehead atoms. The fourth-order valence-electron chi connectivity index (χ4n) is 2.16. The van der Waals surface area contributed by atoms with E-state index in [4.69, 9.17) is 21.1 Å². The van der Waals surface area contributed by atoms with Crippen molar-refractivity contribution in [1.29, 1.82) is 0 Å². The van der Waals surface area contributed by atoms with Gasteiger partial charge in [-0.1, -0.05) is 11.6 Å². The molecule has 0 aliphatic rings. The highest BCUT2D eigenvalue weighted by Crippen LogP contribution is 2.29. The number of carbonyl (C=O) groups is 1. The van der Waals surface area contributed by atoms with Crippen molar-refractivity contribution in [2.75, 3.05) is 26.5 Å². The van der Waals surface area contributed by atoms with Crippen LogP contribution < -0.4 is 14.8 Å². The summed E-state index contributed by atoms with van der Waals surface area (Å²) in [6, 6.07) is 10.9. The molecule has 0 fully saturated rings. The van der Waals surface area contributed by atoms with Gasteiger partial charge in [-0.15, -0.1) is 0 Å². The first kappa shape index (κ1) is 21.0. The average Bonchev–Trinajstić information content (AvgIpc) is 2.63. The zero-order chi connectivity index (χ0) is 20.2. The second kappa shape index (κ2) is 8.60. The van der Waals surface area contributed by atoms with Gasteiger partial charge in [-0.05, 0) is 49.4 Å². The lowest BCUT2D eigenvalue weighted by molar-refractivity contribution is -0.122. The second-order valence-electron chi connectivity index (χ2n) is 5.85. The number of ether oxygens (including phenoxy) is 2. The third kappa shape index (κ3) is 5.12. The molecule has 0 radical (unpaired) electrons. The van der Waals surface area contributed by atoms with Crippen LogP contribution >= 0.6 is 11.6 Å². The van der Waals surface area contributed by atoms with Crippen molar-refractivity contribution in [2.45, 2.75) is 17.9 Å². The summed E-state index contributed by atoms with van der Waals surface area (Å²) < 4.78 is 36.5. The predicted molar refractivity (Wildman–Crippen MR) is 104 cm³/mol. The van der Waals surface area contributed by atoms with Gasteiger partial charge in [0.05, 0.1) is 17.7 Å². The van der Waals surface area contributed by atoms with E-state index in [1.807, 2.05) is 0 Å². The quantitative estimate of drug-likeness (QED) is 0.755. The van der Waals surface area contributed by atoms with E-state index in [9.17, 15) is 13.2 Å². The number of nitrogens with zero attached hydrogens (tertiary/aromatic N) is 1. The van der Waals surface area contributed by atoms with E-state index < -0.39 is 22.0 Å². The van der Waals surface area contributed by atoms with Crippen LogP contribution in [0.5, 0.6) is 11.5 Å². The van der Waals surface area contributed by atoms with E-state index in [-0.39, 0.29) is 10.6 Å². The number of hydrogen-bond acceptors (Lipinski definition) is 5. The lowest BCUT2D eigenvalue weighted by atomic mass is 10.2. The molecule has 1 atom stereocenters. The maximum Gasteiger partial charge on any atom is 0.265 e. The van der Waals surface area contributed by atoms with Crippen molar-refractivity contribution in [3.63, 3.8) is 0 Å². The number of nitrogens with one attached hydrogen (secondary N) is 1. The number of sulfonamides is 1. The molecule has 0 saturated heterocycles. The SMILES string of the molecule is COc1ccc(S(=O)(=O)N(C)C)cc1NC(=O)[C@@H](C)Oc1ccc(Cl)cc1. The number of rotatable bonds is 7. The van der Waals surface area contributed by atoms with Gasteiger partial charge in [-0.25, -0.2) is 12.7 Å². The minimum absolute atomic E-state index is 0.0369. The van der Waals surface area contributed by atoms with Gasteiger partial charge in [0, 0.05) is 19.1 Å². The molecule has 0 unspecified atom stereocenters. The van der Waals surface area contributed by atoms with Crippen LogP contribution in [-0.4, -0.2) is 45.9 Å². The van der Waals surface area contributed by atoms with Crippen LogP contribution in [0.25, 0.3) is 0 Å². The van der Waals surface area contributed by atoms with Gasteiger partial charge < -0.3 is 14.8 Å². The number of anilines is 1. The molecule has 0 aliphatic heterocycles. The van der Waals surface area contributed by atoms with Gasteiger partial charge in [0.2, 0.25) is 10.0 Å². The van der Waals surface area contributed by atoms with Crippen molar-refractivity contribution in [2.24, 2.45) is 0 Å². The van der Waals surface area contributed by atoms with Gasteiger partial charge >= 0.3 is 0 Å². The average molecular weight is 413 g/mol. The monoisotopic (exact) mass is 412 g/mol. The summed E-state index contributed by atoms with van der Waals surface area (Å²) in [7, 11) is 0.640.